The van der Waals surface area contributed by atoms with Crippen LogP contribution in [-0.2, 0) is 25.7 Å². The van der Waals surface area contributed by atoms with Crippen molar-refractivity contribution < 1.29 is 13.2 Å². The maximum atomic E-state index is 15.0. The molecular formula is C40H29ClF3N9O2. The Kier molecular flexibility index (Phi) is 9.11. The second kappa shape index (κ2) is 14.2. The van der Waals surface area contributed by atoms with Crippen LogP contribution >= 0.6 is 11.6 Å². The number of aryl methyl sites for hydroxylation is 1. The quantitative estimate of drug-likeness (QED) is 0.123. The molecule has 0 bridgehead atoms. The highest BCUT2D eigenvalue weighted by atomic mass is 35.5. The van der Waals surface area contributed by atoms with Gasteiger partial charge in [-0.1, -0.05) is 103 Å². The number of anilines is 2. The molecule has 0 aliphatic carbocycles. The lowest BCUT2D eigenvalue weighted by Gasteiger charge is -2.34. The summed E-state index contributed by atoms with van der Waals surface area (Å²) in [5.41, 5.74) is 0.235. The van der Waals surface area contributed by atoms with Gasteiger partial charge in [0, 0.05) is 36.3 Å². The predicted octanol–water partition coefficient (Wildman–Crippen LogP) is 6.63. The summed E-state index contributed by atoms with van der Waals surface area (Å²) in [7, 11) is 1.74. The fourth-order valence-electron chi connectivity index (χ4n) is 6.75. The van der Waals surface area contributed by atoms with Gasteiger partial charge in [0.1, 0.15) is 11.6 Å². The number of benzene rings is 5. The number of halogens is 4. The molecule has 3 aromatic heterocycles. The van der Waals surface area contributed by atoms with Crippen LogP contribution in [0, 0.1) is 17.5 Å². The van der Waals surface area contributed by atoms with Crippen molar-refractivity contribution >= 4 is 34.0 Å². The summed E-state index contributed by atoms with van der Waals surface area (Å²) in [6, 6.07) is 34.3. The molecule has 0 atom stereocenters. The minimum Gasteiger partial charge on any atom is -0.340 e. The first-order valence-corrected chi connectivity index (χ1v) is 17.3. The highest BCUT2D eigenvalue weighted by Crippen LogP contribution is 2.39. The van der Waals surface area contributed by atoms with E-state index in [4.69, 9.17) is 16.7 Å². The number of tetrazole rings is 1. The van der Waals surface area contributed by atoms with Gasteiger partial charge >= 0.3 is 5.69 Å². The molecule has 0 spiro atoms. The Morgan fingerprint density at radius 1 is 0.709 bits per heavy atom. The lowest BCUT2D eigenvalue weighted by molar-refractivity contribution is 0.393. The van der Waals surface area contributed by atoms with E-state index in [1.165, 1.54) is 4.80 Å². The van der Waals surface area contributed by atoms with E-state index in [0.717, 1.165) is 31.9 Å². The monoisotopic (exact) mass is 759 g/mol. The smallest absolute Gasteiger partial charge is 0.333 e. The number of rotatable bonds is 10. The van der Waals surface area contributed by atoms with Crippen molar-refractivity contribution in [2.75, 3.05) is 5.32 Å². The molecule has 55 heavy (non-hydrogen) atoms. The molecule has 0 aliphatic heterocycles. The summed E-state index contributed by atoms with van der Waals surface area (Å²) in [5, 5.41) is 21.8. The molecule has 1 N–H and O–H groups in total. The third-order valence-electron chi connectivity index (χ3n) is 9.30. The Labute approximate surface area is 315 Å². The Bertz CT molecular complexity index is 2710. The van der Waals surface area contributed by atoms with Gasteiger partial charge in [0.25, 0.3) is 5.56 Å². The number of nitrogens with one attached hydrogen (secondary N) is 1. The third kappa shape index (κ3) is 6.46. The molecule has 0 saturated heterocycles. The second-order valence-electron chi connectivity index (χ2n) is 12.8. The van der Waals surface area contributed by atoms with Gasteiger partial charge in [-0.2, -0.15) is 5.10 Å². The van der Waals surface area contributed by atoms with Crippen LogP contribution in [0.4, 0.5) is 24.7 Å². The van der Waals surface area contributed by atoms with Gasteiger partial charge in [-0.3, -0.25) is 18.6 Å². The summed E-state index contributed by atoms with van der Waals surface area (Å²) in [6.07, 6.45) is 1.75. The molecule has 274 valence electrons. The van der Waals surface area contributed by atoms with Crippen molar-refractivity contribution in [2.45, 2.75) is 18.6 Å². The molecule has 5 aromatic carbocycles. The van der Waals surface area contributed by atoms with Crippen LogP contribution in [0.3, 0.4) is 0 Å². The van der Waals surface area contributed by atoms with E-state index in [1.807, 2.05) is 91.0 Å². The zero-order valence-electron chi connectivity index (χ0n) is 28.9. The van der Waals surface area contributed by atoms with E-state index in [0.29, 0.717) is 28.7 Å². The van der Waals surface area contributed by atoms with E-state index in [-0.39, 0.29) is 22.2 Å². The summed E-state index contributed by atoms with van der Waals surface area (Å²) in [4.78, 5) is 29.6. The first-order valence-electron chi connectivity index (χ1n) is 17.0. The van der Waals surface area contributed by atoms with Crippen LogP contribution in [0.5, 0.6) is 0 Å². The van der Waals surface area contributed by atoms with Crippen molar-refractivity contribution in [3.05, 3.63) is 199 Å². The van der Waals surface area contributed by atoms with E-state index in [2.05, 4.69) is 20.7 Å². The number of aromatic nitrogens is 8. The molecule has 0 fully saturated rings. The van der Waals surface area contributed by atoms with E-state index < -0.39 is 47.3 Å². The maximum absolute atomic E-state index is 15.0. The number of fused-ring (bicyclic) bond motifs is 1. The first kappa shape index (κ1) is 35.2. The Morgan fingerprint density at radius 2 is 1.31 bits per heavy atom. The Morgan fingerprint density at radius 3 is 1.93 bits per heavy atom. The van der Waals surface area contributed by atoms with Gasteiger partial charge < -0.3 is 5.32 Å². The van der Waals surface area contributed by atoms with Crippen molar-refractivity contribution in [2.24, 2.45) is 7.05 Å². The van der Waals surface area contributed by atoms with Crippen molar-refractivity contribution in [3.8, 4) is 0 Å². The molecule has 0 amide bonds. The summed E-state index contributed by atoms with van der Waals surface area (Å²) < 4.78 is 46.8. The SMILES string of the molecule is Cn1cc2cc(Nc3cc(=O)n(Cc4nnn(C(c5ccccc5)(c5ccccc5)c5ccccc5)n4)c(=O)n3Cc3cc(F)c(F)cc3F)c(Cl)cc2n1. The maximum Gasteiger partial charge on any atom is 0.333 e. The van der Waals surface area contributed by atoms with Gasteiger partial charge in [-0.15, -0.1) is 15.0 Å². The van der Waals surface area contributed by atoms with Crippen LogP contribution in [0.25, 0.3) is 10.9 Å². The average molecular weight is 760 g/mol. The number of hydrogen-bond donors (Lipinski definition) is 1. The summed E-state index contributed by atoms with van der Waals surface area (Å²) in [5.74, 6) is -3.86. The number of hydrogen-bond acceptors (Lipinski definition) is 7. The van der Waals surface area contributed by atoms with Crippen LogP contribution in [0.1, 0.15) is 28.1 Å². The van der Waals surface area contributed by atoms with Gasteiger partial charge in [-0.25, -0.2) is 18.0 Å². The second-order valence-corrected chi connectivity index (χ2v) is 13.2. The summed E-state index contributed by atoms with van der Waals surface area (Å²) in [6.45, 7) is -1.02. The molecule has 0 aliphatic rings. The molecule has 8 rings (SSSR count). The molecule has 8 aromatic rings. The largest absolute Gasteiger partial charge is 0.340 e. The minimum atomic E-state index is -1.39. The van der Waals surface area contributed by atoms with Crippen LogP contribution < -0.4 is 16.6 Å². The van der Waals surface area contributed by atoms with Gasteiger partial charge in [0.2, 0.25) is 0 Å². The Hall–Kier alpha value is -6.80. The first-order chi connectivity index (χ1) is 26.6. The molecule has 15 heteroatoms. The van der Waals surface area contributed by atoms with Crippen LogP contribution in [0.2, 0.25) is 5.02 Å². The zero-order valence-corrected chi connectivity index (χ0v) is 29.7. The van der Waals surface area contributed by atoms with Crippen molar-refractivity contribution in [1.29, 1.82) is 0 Å². The van der Waals surface area contributed by atoms with Gasteiger partial charge in [-0.05, 0) is 40.1 Å². The normalized spacial score (nSPS) is 11.7. The molecule has 0 radical (unpaired) electrons. The molecule has 11 nitrogen and oxygen atoms in total. The van der Waals surface area contributed by atoms with E-state index in [1.54, 1.807) is 30.1 Å². The molecular weight excluding hydrogens is 731 g/mol. The zero-order chi connectivity index (χ0) is 38.3. The fourth-order valence-corrected chi connectivity index (χ4v) is 6.96. The van der Waals surface area contributed by atoms with E-state index >= 15 is 4.39 Å². The van der Waals surface area contributed by atoms with Crippen molar-refractivity contribution in [1.82, 2.24) is 39.1 Å². The summed E-state index contributed by atoms with van der Waals surface area (Å²) >= 11 is 6.57. The van der Waals surface area contributed by atoms with Gasteiger partial charge in [0.15, 0.2) is 23.0 Å². The fraction of sp³-hybridized carbons (Fsp3) is 0.100. The predicted molar refractivity (Wildman–Crippen MR) is 201 cm³/mol. The topological polar surface area (TPSA) is 117 Å². The molecule has 0 saturated carbocycles. The molecule has 0 unspecified atom stereocenters. The average Bonchev–Trinajstić information content (AvgIpc) is 3.81. The van der Waals surface area contributed by atoms with Gasteiger partial charge in [0.05, 0.1) is 29.3 Å². The highest BCUT2D eigenvalue weighted by molar-refractivity contribution is 6.34. The third-order valence-corrected chi connectivity index (χ3v) is 9.61. The standard InChI is InChI=1S/C40H29ClF3N9O2/c1-50-22-26-18-35(30(41)19-34(26)47-50)45-37-21-38(54)52(39(55)51(37)23-25-17-32(43)33(44)20-31(25)42)24-36-46-49-53(48-36)40(27-11-5-2-6-12-27,28-13-7-3-8-14-28)29-15-9-4-10-16-29/h2-22,45H,23-24H2,1H3. The van der Waals surface area contributed by atoms with Crippen molar-refractivity contribution in [3.63, 3.8) is 0 Å². The lowest BCUT2D eigenvalue weighted by atomic mass is 9.77. The minimum absolute atomic E-state index is 0.0164. The molecule has 3 heterocycles. The lowest BCUT2D eigenvalue weighted by Crippen LogP contribution is -2.41. The number of nitrogens with zero attached hydrogens (tertiary/aromatic N) is 8. The highest BCUT2D eigenvalue weighted by Gasteiger charge is 2.41. The van der Waals surface area contributed by atoms with Crippen LogP contribution in [-0.4, -0.2) is 39.1 Å². The van der Waals surface area contributed by atoms with E-state index in [9.17, 15) is 18.4 Å². The Balaban J connectivity index is 1.25. The van der Waals surface area contributed by atoms with Crippen LogP contribution in [0.15, 0.2) is 137 Å².